The minimum absolute atomic E-state index is 0.0619. The zero-order chi connectivity index (χ0) is 22.0. The number of carbonyl (C=O) groups is 1. The van der Waals surface area contributed by atoms with Gasteiger partial charge in [0.25, 0.3) is 5.69 Å². The van der Waals surface area contributed by atoms with E-state index in [1.165, 1.54) is 16.4 Å². The van der Waals surface area contributed by atoms with Crippen LogP contribution in [0.15, 0.2) is 23.1 Å². The first-order chi connectivity index (χ1) is 13.3. The Kier molecular flexibility index (Phi) is 6.86. The summed E-state index contributed by atoms with van der Waals surface area (Å²) in [4.78, 5) is 24.4. The van der Waals surface area contributed by atoms with Crippen LogP contribution in [0, 0.1) is 17.0 Å². The Bertz CT molecular complexity index is 881. The maximum Gasteiger partial charge on any atom is 0.407 e. The molecule has 1 aromatic rings. The first-order valence-corrected chi connectivity index (χ1v) is 10.7. The van der Waals surface area contributed by atoms with Crippen molar-refractivity contribution in [1.29, 1.82) is 0 Å². The summed E-state index contributed by atoms with van der Waals surface area (Å²) in [6.45, 7) is 7.96. The summed E-state index contributed by atoms with van der Waals surface area (Å²) >= 11 is 0. The number of hydrogen-bond donors (Lipinski definition) is 1. The van der Waals surface area contributed by atoms with Crippen LogP contribution in [0.1, 0.15) is 26.3 Å². The monoisotopic (exact) mass is 428 g/mol. The molecule has 0 aliphatic carbocycles. The summed E-state index contributed by atoms with van der Waals surface area (Å²) in [5, 5.41) is 13.8. The van der Waals surface area contributed by atoms with Crippen molar-refractivity contribution >= 4 is 21.8 Å². The summed E-state index contributed by atoms with van der Waals surface area (Å²) in [6, 6.07) is 3.34. The molecule has 1 fully saturated rings. The van der Waals surface area contributed by atoms with Crippen LogP contribution in [0.5, 0.6) is 0 Å². The number of aryl methyl sites for hydroxylation is 1. The van der Waals surface area contributed by atoms with Gasteiger partial charge in [0.05, 0.1) is 15.9 Å². The van der Waals surface area contributed by atoms with Crippen molar-refractivity contribution in [1.82, 2.24) is 14.5 Å². The fourth-order valence-electron chi connectivity index (χ4n) is 3.07. The first kappa shape index (κ1) is 23.0. The van der Waals surface area contributed by atoms with E-state index in [1.807, 2.05) is 11.9 Å². The zero-order valence-corrected chi connectivity index (χ0v) is 18.2. The molecule has 1 aliphatic rings. The lowest BCUT2D eigenvalue weighted by Gasteiger charge is -2.39. The number of benzene rings is 1. The van der Waals surface area contributed by atoms with E-state index in [1.54, 1.807) is 27.7 Å². The van der Waals surface area contributed by atoms with Gasteiger partial charge in [0.1, 0.15) is 5.60 Å². The highest BCUT2D eigenvalue weighted by Gasteiger charge is 2.36. The van der Waals surface area contributed by atoms with E-state index in [-0.39, 0.29) is 23.7 Å². The predicted octanol–water partition coefficient (Wildman–Crippen LogP) is 1.73. The van der Waals surface area contributed by atoms with Gasteiger partial charge in [-0.05, 0) is 40.8 Å². The zero-order valence-electron chi connectivity index (χ0n) is 17.3. The Hall–Kier alpha value is -2.24. The quantitative estimate of drug-likeness (QED) is 0.560. The van der Waals surface area contributed by atoms with E-state index in [4.69, 9.17) is 4.74 Å². The maximum absolute atomic E-state index is 13.2. The Balaban J connectivity index is 2.25. The molecule has 1 amide bonds. The maximum atomic E-state index is 13.2. The second kappa shape index (κ2) is 8.64. The van der Waals surface area contributed by atoms with E-state index in [0.717, 1.165) is 6.07 Å². The minimum atomic E-state index is -3.98. The van der Waals surface area contributed by atoms with E-state index in [0.29, 0.717) is 18.7 Å². The SMILES string of the molecule is Cc1ccc(S(=O)(=O)N2CCN(C)C[C@H]2CNC(=O)OC(C)(C)C)cc1[N+](=O)[O-]. The minimum Gasteiger partial charge on any atom is -0.444 e. The molecule has 29 heavy (non-hydrogen) atoms. The first-order valence-electron chi connectivity index (χ1n) is 9.23. The van der Waals surface area contributed by atoms with Gasteiger partial charge in [0, 0.05) is 37.8 Å². The summed E-state index contributed by atoms with van der Waals surface area (Å²) in [5.41, 5.74) is -0.529. The van der Waals surface area contributed by atoms with Crippen LogP contribution >= 0.6 is 0 Å². The Morgan fingerprint density at radius 1 is 1.34 bits per heavy atom. The molecule has 2 rings (SSSR count). The normalized spacial score (nSPS) is 19.0. The highest BCUT2D eigenvalue weighted by molar-refractivity contribution is 7.89. The summed E-state index contributed by atoms with van der Waals surface area (Å²) in [5.74, 6) is 0. The number of alkyl carbamates (subject to hydrolysis) is 1. The lowest BCUT2D eigenvalue weighted by molar-refractivity contribution is -0.385. The van der Waals surface area contributed by atoms with Crippen LogP contribution in [0.4, 0.5) is 10.5 Å². The Morgan fingerprint density at radius 2 is 2.00 bits per heavy atom. The molecule has 0 spiro atoms. The fraction of sp³-hybridized carbons (Fsp3) is 0.611. The molecule has 0 unspecified atom stereocenters. The van der Waals surface area contributed by atoms with Crippen molar-refractivity contribution < 1.29 is 22.9 Å². The smallest absolute Gasteiger partial charge is 0.407 e. The van der Waals surface area contributed by atoms with E-state index < -0.39 is 32.7 Å². The molecule has 162 valence electrons. The Labute approximate surface area is 171 Å². The molecule has 0 bridgehead atoms. The van der Waals surface area contributed by atoms with E-state index in [2.05, 4.69) is 5.32 Å². The summed E-state index contributed by atoms with van der Waals surface area (Å²) in [6.07, 6.45) is -0.631. The molecule has 1 aliphatic heterocycles. The number of ether oxygens (including phenoxy) is 1. The lowest BCUT2D eigenvalue weighted by Crippen LogP contribution is -2.57. The van der Waals surface area contributed by atoms with Gasteiger partial charge in [-0.25, -0.2) is 13.2 Å². The molecule has 1 heterocycles. The fourth-order valence-corrected chi connectivity index (χ4v) is 4.70. The van der Waals surface area contributed by atoms with Gasteiger partial charge >= 0.3 is 6.09 Å². The van der Waals surface area contributed by atoms with Gasteiger partial charge in [0.2, 0.25) is 10.0 Å². The van der Waals surface area contributed by atoms with Crippen molar-refractivity contribution in [3.8, 4) is 0 Å². The van der Waals surface area contributed by atoms with Crippen LogP contribution in [-0.4, -0.2) is 73.5 Å². The number of piperazine rings is 1. The molecule has 10 nitrogen and oxygen atoms in total. The third kappa shape index (κ3) is 5.87. The molecule has 1 atom stereocenters. The lowest BCUT2D eigenvalue weighted by atomic mass is 10.2. The number of likely N-dealkylation sites (N-methyl/N-ethyl adjacent to an activating group) is 1. The molecule has 0 saturated carbocycles. The van der Waals surface area contributed by atoms with Crippen LogP contribution < -0.4 is 5.32 Å². The largest absolute Gasteiger partial charge is 0.444 e. The van der Waals surface area contributed by atoms with E-state index in [9.17, 15) is 23.3 Å². The van der Waals surface area contributed by atoms with Gasteiger partial charge < -0.3 is 15.0 Å². The van der Waals surface area contributed by atoms with Crippen LogP contribution in [0.3, 0.4) is 0 Å². The third-order valence-corrected chi connectivity index (χ3v) is 6.44. The van der Waals surface area contributed by atoms with Crippen molar-refractivity contribution in [3.63, 3.8) is 0 Å². The van der Waals surface area contributed by atoms with Gasteiger partial charge in [-0.3, -0.25) is 10.1 Å². The van der Waals surface area contributed by atoms with Gasteiger partial charge in [-0.15, -0.1) is 0 Å². The number of nitro groups is 1. The average molecular weight is 429 g/mol. The second-order valence-electron chi connectivity index (χ2n) is 8.12. The van der Waals surface area contributed by atoms with Gasteiger partial charge in [-0.1, -0.05) is 6.07 Å². The highest BCUT2D eigenvalue weighted by Crippen LogP contribution is 2.26. The number of hydrogen-bond acceptors (Lipinski definition) is 7. The van der Waals surface area contributed by atoms with Crippen molar-refractivity contribution in [2.45, 2.75) is 44.2 Å². The van der Waals surface area contributed by atoms with Gasteiger partial charge in [-0.2, -0.15) is 4.31 Å². The molecule has 1 aromatic carbocycles. The number of sulfonamides is 1. The standard InChI is InChI=1S/C18H28N4O6S/c1-13-6-7-15(10-16(13)22(24)25)29(26,27)21-9-8-20(5)12-14(21)11-19-17(23)28-18(2,3)4/h6-7,10,14H,8-9,11-12H2,1-5H3,(H,19,23)/t14-/m1/s1. The van der Waals surface area contributed by atoms with Crippen molar-refractivity contribution in [3.05, 3.63) is 33.9 Å². The molecular weight excluding hydrogens is 400 g/mol. The molecule has 0 radical (unpaired) electrons. The van der Waals surface area contributed by atoms with Crippen LogP contribution in [0.25, 0.3) is 0 Å². The number of nitrogens with one attached hydrogen (secondary N) is 1. The van der Waals surface area contributed by atoms with Crippen LogP contribution in [-0.2, 0) is 14.8 Å². The second-order valence-corrected chi connectivity index (χ2v) is 10.0. The topological polar surface area (TPSA) is 122 Å². The molecule has 1 saturated heterocycles. The molecule has 0 aromatic heterocycles. The van der Waals surface area contributed by atoms with Crippen LogP contribution in [0.2, 0.25) is 0 Å². The predicted molar refractivity (Wildman–Crippen MR) is 107 cm³/mol. The van der Waals surface area contributed by atoms with E-state index >= 15 is 0 Å². The number of nitro benzene ring substituents is 1. The van der Waals surface area contributed by atoms with Gasteiger partial charge in [0.15, 0.2) is 0 Å². The number of rotatable bonds is 5. The summed E-state index contributed by atoms with van der Waals surface area (Å²) < 4.78 is 32.9. The molecule has 1 N–H and O–H groups in total. The molecular formula is C18H28N4O6S. The number of nitrogens with zero attached hydrogens (tertiary/aromatic N) is 3. The highest BCUT2D eigenvalue weighted by atomic mass is 32.2. The molecule has 11 heteroatoms. The number of carbonyl (C=O) groups excluding carboxylic acids is 1. The van der Waals surface area contributed by atoms with Crippen molar-refractivity contribution in [2.75, 3.05) is 33.2 Å². The number of amides is 1. The van der Waals surface area contributed by atoms with Crippen molar-refractivity contribution in [2.24, 2.45) is 0 Å². The summed E-state index contributed by atoms with van der Waals surface area (Å²) in [7, 11) is -2.12. The Morgan fingerprint density at radius 3 is 2.59 bits per heavy atom. The third-order valence-electron chi connectivity index (χ3n) is 4.50. The average Bonchev–Trinajstić information content (AvgIpc) is 2.58.